The highest BCUT2D eigenvalue weighted by Gasteiger charge is 2.06. The first kappa shape index (κ1) is 9.32. The molecule has 0 bridgehead atoms. The fourth-order valence-corrected chi connectivity index (χ4v) is 1.95. The van der Waals surface area contributed by atoms with Crippen LogP contribution >= 0.6 is 0 Å². The van der Waals surface area contributed by atoms with Gasteiger partial charge in [-0.25, -0.2) is 0 Å². The van der Waals surface area contributed by atoms with Crippen molar-refractivity contribution in [3.63, 3.8) is 0 Å². The van der Waals surface area contributed by atoms with Gasteiger partial charge in [-0.15, -0.1) is 0 Å². The molecule has 0 aliphatic rings. The van der Waals surface area contributed by atoms with Crippen LogP contribution in [0.3, 0.4) is 0 Å². The zero-order valence-electron chi connectivity index (χ0n) is 8.88. The van der Waals surface area contributed by atoms with Gasteiger partial charge in [0.15, 0.2) is 0 Å². The lowest BCUT2D eigenvalue weighted by molar-refractivity contribution is 0.652. The number of hydrogen-bond donors (Lipinski definition) is 1. The first-order valence-corrected chi connectivity index (χ1v) is 5.39. The second kappa shape index (κ2) is 3.87. The average molecular weight is 187 g/mol. The van der Waals surface area contributed by atoms with Crippen LogP contribution in [0.1, 0.15) is 38.3 Å². The Morgan fingerprint density at radius 2 is 2.07 bits per heavy atom. The third-order valence-electron chi connectivity index (χ3n) is 2.80. The number of fused-ring (bicyclic) bond motifs is 1. The van der Waals surface area contributed by atoms with Crippen LogP contribution in [-0.4, -0.2) is 4.98 Å². The van der Waals surface area contributed by atoms with Crippen LogP contribution in [0, 0.1) is 0 Å². The third kappa shape index (κ3) is 1.67. The Labute approximate surface area is 85.1 Å². The van der Waals surface area contributed by atoms with Gasteiger partial charge in [0, 0.05) is 11.2 Å². The van der Waals surface area contributed by atoms with E-state index in [4.69, 9.17) is 0 Å². The molecule has 0 aliphatic heterocycles. The lowest BCUT2D eigenvalue weighted by Crippen LogP contribution is -1.91. The fourth-order valence-electron chi connectivity index (χ4n) is 1.95. The maximum atomic E-state index is 3.48. The smallest absolute Gasteiger partial charge is 0.0456 e. The fraction of sp³-hybridized carbons (Fsp3) is 0.385. The minimum absolute atomic E-state index is 0.646. The van der Waals surface area contributed by atoms with E-state index in [2.05, 4.69) is 49.2 Å². The SMILES string of the molecule is CCCC(C)c1cc2ccccc2[nH]1. The summed E-state index contributed by atoms with van der Waals surface area (Å²) in [4.78, 5) is 3.48. The van der Waals surface area contributed by atoms with Crippen molar-refractivity contribution in [2.45, 2.75) is 32.6 Å². The van der Waals surface area contributed by atoms with Gasteiger partial charge in [0.25, 0.3) is 0 Å². The van der Waals surface area contributed by atoms with Crippen LogP contribution in [0.5, 0.6) is 0 Å². The maximum Gasteiger partial charge on any atom is 0.0456 e. The van der Waals surface area contributed by atoms with Crippen molar-refractivity contribution in [3.05, 3.63) is 36.0 Å². The summed E-state index contributed by atoms with van der Waals surface area (Å²) in [6.07, 6.45) is 2.50. The van der Waals surface area contributed by atoms with Gasteiger partial charge in [-0.1, -0.05) is 38.5 Å². The van der Waals surface area contributed by atoms with E-state index in [1.165, 1.54) is 29.4 Å². The number of H-pyrrole nitrogens is 1. The second-order valence-electron chi connectivity index (χ2n) is 4.00. The minimum Gasteiger partial charge on any atom is -0.358 e. The van der Waals surface area contributed by atoms with E-state index in [1.807, 2.05) is 0 Å². The lowest BCUT2D eigenvalue weighted by atomic mass is 10.0. The first-order valence-electron chi connectivity index (χ1n) is 5.39. The number of aromatic amines is 1. The molecule has 0 radical (unpaired) electrons. The molecule has 1 aromatic heterocycles. The van der Waals surface area contributed by atoms with Gasteiger partial charge >= 0.3 is 0 Å². The van der Waals surface area contributed by atoms with Gasteiger partial charge in [0.05, 0.1) is 0 Å². The summed E-state index contributed by atoms with van der Waals surface area (Å²) in [5.41, 5.74) is 2.62. The van der Waals surface area contributed by atoms with Gasteiger partial charge in [-0.3, -0.25) is 0 Å². The van der Waals surface area contributed by atoms with Crippen LogP contribution in [-0.2, 0) is 0 Å². The Hall–Kier alpha value is -1.24. The van der Waals surface area contributed by atoms with Gasteiger partial charge < -0.3 is 4.98 Å². The number of para-hydroxylation sites is 1. The van der Waals surface area contributed by atoms with Crippen LogP contribution in [0.25, 0.3) is 10.9 Å². The molecule has 1 aromatic carbocycles. The van der Waals surface area contributed by atoms with Crippen molar-refractivity contribution in [3.8, 4) is 0 Å². The molecule has 1 heteroatoms. The van der Waals surface area contributed by atoms with E-state index in [0.29, 0.717) is 5.92 Å². The van der Waals surface area contributed by atoms with E-state index in [9.17, 15) is 0 Å². The molecule has 0 fully saturated rings. The second-order valence-corrected chi connectivity index (χ2v) is 4.00. The Morgan fingerprint density at radius 3 is 2.79 bits per heavy atom. The number of nitrogens with one attached hydrogen (secondary N) is 1. The molecule has 1 N–H and O–H groups in total. The lowest BCUT2D eigenvalue weighted by Gasteiger charge is -2.06. The monoisotopic (exact) mass is 187 g/mol. The molecule has 0 amide bonds. The zero-order chi connectivity index (χ0) is 9.97. The van der Waals surface area contributed by atoms with Crippen LogP contribution in [0.15, 0.2) is 30.3 Å². The van der Waals surface area contributed by atoms with E-state index < -0.39 is 0 Å². The zero-order valence-corrected chi connectivity index (χ0v) is 8.88. The molecule has 0 spiro atoms. The van der Waals surface area contributed by atoms with E-state index in [1.54, 1.807) is 0 Å². The molecule has 1 nitrogen and oxygen atoms in total. The summed E-state index contributed by atoms with van der Waals surface area (Å²) in [5.74, 6) is 0.646. The summed E-state index contributed by atoms with van der Waals surface area (Å²) < 4.78 is 0. The van der Waals surface area contributed by atoms with Crippen molar-refractivity contribution < 1.29 is 0 Å². The Bertz CT molecular complexity index is 381. The standard InChI is InChI=1S/C13H17N/c1-3-6-10(2)13-9-11-7-4-5-8-12(11)14-13/h4-5,7-10,14H,3,6H2,1-2H3. The molecule has 0 saturated carbocycles. The molecule has 14 heavy (non-hydrogen) atoms. The Morgan fingerprint density at radius 1 is 1.29 bits per heavy atom. The number of aromatic nitrogens is 1. The number of rotatable bonds is 3. The van der Waals surface area contributed by atoms with Crippen molar-refractivity contribution in [1.82, 2.24) is 4.98 Å². The van der Waals surface area contributed by atoms with E-state index in [-0.39, 0.29) is 0 Å². The molecule has 0 aliphatic carbocycles. The van der Waals surface area contributed by atoms with Crippen LogP contribution < -0.4 is 0 Å². The van der Waals surface area contributed by atoms with Crippen molar-refractivity contribution in [2.24, 2.45) is 0 Å². The predicted octanol–water partition coefficient (Wildman–Crippen LogP) is 4.07. The Kier molecular flexibility index (Phi) is 2.58. The average Bonchev–Trinajstić information content (AvgIpc) is 2.61. The molecular weight excluding hydrogens is 170 g/mol. The first-order chi connectivity index (χ1) is 6.81. The van der Waals surface area contributed by atoms with Gasteiger partial charge in [-0.05, 0) is 29.9 Å². The van der Waals surface area contributed by atoms with Gasteiger partial charge in [-0.2, -0.15) is 0 Å². The highest BCUT2D eigenvalue weighted by Crippen LogP contribution is 2.23. The quantitative estimate of drug-likeness (QED) is 0.745. The summed E-state index contributed by atoms with van der Waals surface area (Å²) in [6.45, 7) is 4.52. The van der Waals surface area contributed by atoms with Crippen molar-refractivity contribution in [2.75, 3.05) is 0 Å². The third-order valence-corrected chi connectivity index (χ3v) is 2.80. The molecule has 1 unspecified atom stereocenters. The molecular formula is C13H17N. The van der Waals surface area contributed by atoms with Gasteiger partial charge in [0.1, 0.15) is 0 Å². The summed E-state index contributed by atoms with van der Waals surface area (Å²) in [6, 6.07) is 10.7. The van der Waals surface area contributed by atoms with Crippen molar-refractivity contribution in [1.29, 1.82) is 0 Å². The summed E-state index contributed by atoms with van der Waals surface area (Å²) >= 11 is 0. The van der Waals surface area contributed by atoms with Gasteiger partial charge in [0.2, 0.25) is 0 Å². The van der Waals surface area contributed by atoms with E-state index in [0.717, 1.165) is 0 Å². The molecule has 2 rings (SSSR count). The molecule has 0 saturated heterocycles. The number of hydrogen-bond acceptors (Lipinski definition) is 0. The Balaban J connectivity index is 2.35. The molecule has 1 atom stereocenters. The highest BCUT2D eigenvalue weighted by atomic mass is 14.7. The van der Waals surface area contributed by atoms with Crippen LogP contribution in [0.4, 0.5) is 0 Å². The molecule has 1 heterocycles. The van der Waals surface area contributed by atoms with Crippen LogP contribution in [0.2, 0.25) is 0 Å². The maximum absolute atomic E-state index is 3.48. The highest BCUT2D eigenvalue weighted by molar-refractivity contribution is 5.80. The normalized spacial score (nSPS) is 13.3. The summed E-state index contributed by atoms with van der Waals surface area (Å²) in [5, 5.41) is 1.32. The summed E-state index contributed by atoms with van der Waals surface area (Å²) in [7, 11) is 0. The van der Waals surface area contributed by atoms with E-state index >= 15 is 0 Å². The predicted molar refractivity (Wildman–Crippen MR) is 61.6 cm³/mol. The molecule has 2 aromatic rings. The molecule has 74 valence electrons. The largest absolute Gasteiger partial charge is 0.358 e. The topological polar surface area (TPSA) is 15.8 Å². The number of benzene rings is 1. The minimum atomic E-state index is 0.646. The van der Waals surface area contributed by atoms with Crippen molar-refractivity contribution >= 4 is 10.9 Å².